The lowest BCUT2D eigenvalue weighted by Crippen LogP contribution is -2.18. The molecule has 0 saturated heterocycles. The fourth-order valence-electron chi connectivity index (χ4n) is 2.59. The van der Waals surface area contributed by atoms with Gasteiger partial charge in [-0.15, -0.1) is 0 Å². The maximum atomic E-state index is 13.6. The van der Waals surface area contributed by atoms with E-state index in [4.69, 9.17) is 16.3 Å². The molecule has 0 saturated carbocycles. The van der Waals surface area contributed by atoms with Crippen molar-refractivity contribution in [1.29, 1.82) is 0 Å². The SMILES string of the molecule is CC1(C)COc2ccc(C(Br)c3cccc(F)c3Cl)cc21. The lowest BCUT2D eigenvalue weighted by atomic mass is 9.85. The van der Waals surface area contributed by atoms with Gasteiger partial charge in [-0.25, -0.2) is 4.39 Å². The molecule has 0 fully saturated rings. The van der Waals surface area contributed by atoms with Crippen molar-refractivity contribution in [3.8, 4) is 5.75 Å². The summed E-state index contributed by atoms with van der Waals surface area (Å²) in [6.07, 6.45) is 0. The van der Waals surface area contributed by atoms with Gasteiger partial charge in [-0.05, 0) is 29.3 Å². The molecule has 0 spiro atoms. The van der Waals surface area contributed by atoms with Gasteiger partial charge in [0.2, 0.25) is 0 Å². The molecule has 1 atom stereocenters. The van der Waals surface area contributed by atoms with Crippen molar-refractivity contribution in [1.82, 2.24) is 0 Å². The number of rotatable bonds is 2. The Bertz CT molecular complexity index is 699. The predicted molar refractivity (Wildman–Crippen MR) is 87.1 cm³/mol. The van der Waals surface area contributed by atoms with Crippen LogP contribution in [0.4, 0.5) is 4.39 Å². The second-order valence-electron chi connectivity index (χ2n) is 5.93. The van der Waals surface area contributed by atoms with Gasteiger partial charge in [0.1, 0.15) is 11.6 Å². The molecule has 4 heteroatoms. The molecule has 2 aromatic rings. The first-order chi connectivity index (χ1) is 9.90. The predicted octanol–water partition coefficient (Wildman–Crippen LogP) is 5.63. The average molecular weight is 370 g/mol. The summed E-state index contributed by atoms with van der Waals surface area (Å²) in [5.41, 5.74) is 2.94. The first-order valence-electron chi connectivity index (χ1n) is 6.75. The molecule has 0 bridgehead atoms. The van der Waals surface area contributed by atoms with Crippen molar-refractivity contribution < 1.29 is 9.13 Å². The summed E-state index contributed by atoms with van der Waals surface area (Å²) < 4.78 is 19.3. The lowest BCUT2D eigenvalue weighted by Gasteiger charge is -2.18. The van der Waals surface area contributed by atoms with E-state index >= 15 is 0 Å². The molecule has 21 heavy (non-hydrogen) atoms. The fourth-order valence-corrected chi connectivity index (χ4v) is 3.62. The Labute approximate surface area is 137 Å². The minimum Gasteiger partial charge on any atom is -0.492 e. The highest BCUT2D eigenvalue weighted by atomic mass is 79.9. The van der Waals surface area contributed by atoms with Crippen LogP contribution in [-0.4, -0.2) is 6.61 Å². The van der Waals surface area contributed by atoms with Crippen LogP contribution in [-0.2, 0) is 5.41 Å². The van der Waals surface area contributed by atoms with Crippen molar-refractivity contribution in [2.45, 2.75) is 24.1 Å². The molecule has 0 amide bonds. The van der Waals surface area contributed by atoms with Crippen LogP contribution in [0.2, 0.25) is 5.02 Å². The van der Waals surface area contributed by atoms with Gasteiger partial charge in [-0.2, -0.15) is 0 Å². The Hall–Kier alpha value is -1.06. The van der Waals surface area contributed by atoms with Crippen LogP contribution in [0.15, 0.2) is 36.4 Å². The van der Waals surface area contributed by atoms with Gasteiger partial charge in [-0.1, -0.05) is 59.6 Å². The van der Waals surface area contributed by atoms with Crippen LogP contribution >= 0.6 is 27.5 Å². The Morgan fingerprint density at radius 1 is 1.29 bits per heavy atom. The highest BCUT2D eigenvalue weighted by molar-refractivity contribution is 9.09. The molecule has 0 aliphatic carbocycles. The van der Waals surface area contributed by atoms with Crippen molar-refractivity contribution >= 4 is 27.5 Å². The van der Waals surface area contributed by atoms with Crippen LogP contribution in [0.5, 0.6) is 5.75 Å². The Morgan fingerprint density at radius 2 is 2.05 bits per heavy atom. The quantitative estimate of drug-likeness (QED) is 0.623. The van der Waals surface area contributed by atoms with Gasteiger partial charge >= 0.3 is 0 Å². The molecule has 110 valence electrons. The van der Waals surface area contributed by atoms with E-state index in [0.717, 1.165) is 16.9 Å². The van der Waals surface area contributed by atoms with Crippen molar-refractivity contribution in [3.05, 3.63) is 63.9 Å². The molecular formula is C17H15BrClFO. The molecule has 1 unspecified atom stereocenters. The topological polar surface area (TPSA) is 9.23 Å². The van der Waals surface area contributed by atoms with Gasteiger partial charge in [-0.3, -0.25) is 0 Å². The first kappa shape index (κ1) is 14.9. The zero-order valence-corrected chi connectivity index (χ0v) is 14.1. The molecule has 2 aromatic carbocycles. The van der Waals surface area contributed by atoms with Crippen molar-refractivity contribution in [2.24, 2.45) is 0 Å². The van der Waals surface area contributed by atoms with E-state index in [0.29, 0.717) is 6.61 Å². The number of ether oxygens (including phenoxy) is 1. The van der Waals surface area contributed by atoms with Crippen LogP contribution in [0.3, 0.4) is 0 Å². The summed E-state index contributed by atoms with van der Waals surface area (Å²) in [4.78, 5) is -0.151. The highest BCUT2D eigenvalue weighted by Crippen LogP contribution is 2.43. The third-order valence-electron chi connectivity index (χ3n) is 3.87. The Morgan fingerprint density at radius 3 is 2.81 bits per heavy atom. The summed E-state index contributed by atoms with van der Waals surface area (Å²) in [5.74, 6) is 0.525. The molecular weight excluding hydrogens is 355 g/mol. The van der Waals surface area contributed by atoms with Gasteiger partial charge in [0, 0.05) is 11.0 Å². The summed E-state index contributed by atoms with van der Waals surface area (Å²) in [6.45, 7) is 4.99. The molecule has 1 aliphatic heterocycles. The van der Waals surface area contributed by atoms with Crippen molar-refractivity contribution in [2.75, 3.05) is 6.61 Å². The first-order valence-corrected chi connectivity index (χ1v) is 8.05. The third kappa shape index (κ3) is 2.58. The third-order valence-corrected chi connectivity index (χ3v) is 5.29. The number of hydrogen-bond acceptors (Lipinski definition) is 1. The number of fused-ring (bicyclic) bond motifs is 1. The largest absolute Gasteiger partial charge is 0.492 e. The molecule has 3 rings (SSSR count). The molecule has 0 radical (unpaired) electrons. The number of alkyl halides is 1. The van der Waals surface area contributed by atoms with Gasteiger partial charge in [0.25, 0.3) is 0 Å². The van der Waals surface area contributed by atoms with E-state index < -0.39 is 5.82 Å². The minimum absolute atomic E-state index is 0.0101. The summed E-state index contributed by atoms with van der Waals surface area (Å²) in [6, 6.07) is 10.9. The van der Waals surface area contributed by atoms with E-state index in [9.17, 15) is 4.39 Å². The van der Waals surface area contributed by atoms with E-state index in [1.165, 1.54) is 11.6 Å². The molecule has 0 aromatic heterocycles. The number of benzene rings is 2. The standard InChI is InChI=1S/C17H15BrClFO/c1-17(2)9-21-14-7-6-10(8-12(14)17)15(18)11-4-3-5-13(20)16(11)19/h3-8,15H,9H2,1-2H3. The van der Waals surface area contributed by atoms with Crippen LogP contribution in [0, 0.1) is 5.82 Å². The highest BCUT2D eigenvalue weighted by Gasteiger charge is 2.32. The lowest BCUT2D eigenvalue weighted by molar-refractivity contribution is 0.291. The second kappa shape index (κ2) is 5.29. The maximum absolute atomic E-state index is 13.6. The fraction of sp³-hybridized carbons (Fsp3) is 0.294. The van der Waals surface area contributed by atoms with Gasteiger partial charge in [0.05, 0.1) is 16.5 Å². The molecule has 1 aliphatic rings. The van der Waals surface area contributed by atoms with E-state index in [-0.39, 0.29) is 15.3 Å². The smallest absolute Gasteiger partial charge is 0.142 e. The Balaban J connectivity index is 2.03. The van der Waals surface area contributed by atoms with Crippen LogP contribution < -0.4 is 4.74 Å². The number of halogens is 3. The summed E-state index contributed by atoms with van der Waals surface area (Å²) in [7, 11) is 0. The normalized spacial score (nSPS) is 17.2. The number of hydrogen-bond donors (Lipinski definition) is 0. The van der Waals surface area contributed by atoms with Gasteiger partial charge < -0.3 is 4.74 Å². The van der Waals surface area contributed by atoms with Crippen LogP contribution in [0.1, 0.15) is 35.4 Å². The molecule has 1 nitrogen and oxygen atoms in total. The molecule has 0 N–H and O–H groups in total. The van der Waals surface area contributed by atoms with E-state index in [2.05, 4.69) is 35.8 Å². The summed E-state index contributed by atoms with van der Waals surface area (Å²) >= 11 is 9.71. The van der Waals surface area contributed by atoms with E-state index in [1.54, 1.807) is 6.07 Å². The zero-order valence-electron chi connectivity index (χ0n) is 11.8. The minimum atomic E-state index is -0.400. The Kier molecular flexibility index (Phi) is 3.74. The summed E-state index contributed by atoms with van der Waals surface area (Å²) in [5, 5.41) is 0.162. The van der Waals surface area contributed by atoms with Crippen LogP contribution in [0.25, 0.3) is 0 Å². The van der Waals surface area contributed by atoms with Gasteiger partial charge in [0.15, 0.2) is 0 Å². The van der Waals surface area contributed by atoms with E-state index in [1.807, 2.05) is 18.2 Å². The second-order valence-corrected chi connectivity index (χ2v) is 7.23. The van der Waals surface area contributed by atoms with Crippen molar-refractivity contribution in [3.63, 3.8) is 0 Å². The molecule has 1 heterocycles. The average Bonchev–Trinajstić information content (AvgIpc) is 2.76. The monoisotopic (exact) mass is 368 g/mol. The zero-order chi connectivity index (χ0) is 15.2. The maximum Gasteiger partial charge on any atom is 0.142 e.